The van der Waals surface area contributed by atoms with Crippen LogP contribution in [0.2, 0.25) is 0 Å². The first-order valence-electron chi connectivity index (χ1n) is 8.67. The van der Waals surface area contributed by atoms with Crippen molar-refractivity contribution in [3.05, 3.63) is 0 Å². The number of sulfonamides is 1. The van der Waals surface area contributed by atoms with Crippen LogP contribution in [0.1, 0.15) is 84.5 Å². The molecule has 0 saturated carbocycles. The molecule has 0 aromatic heterocycles. The molecule has 0 saturated heterocycles. The summed E-state index contributed by atoms with van der Waals surface area (Å²) in [7, 11) is -3.18. The smallest absolute Gasteiger partial charge is 0.211 e. The highest BCUT2D eigenvalue weighted by Gasteiger charge is 2.10. The fraction of sp³-hybridized carbons (Fsp3) is 1.00. The number of hydrogen-bond acceptors (Lipinski definition) is 3. The van der Waals surface area contributed by atoms with E-state index in [1.807, 2.05) is 0 Å². The summed E-state index contributed by atoms with van der Waals surface area (Å²) in [5.74, 6) is 0.0674. The van der Waals surface area contributed by atoms with Crippen molar-refractivity contribution in [2.75, 3.05) is 12.3 Å². The summed E-state index contributed by atoms with van der Waals surface area (Å²) in [5, 5.41) is 9.70. The average Bonchev–Trinajstić information content (AvgIpc) is 2.47. The molecule has 1 unspecified atom stereocenters. The van der Waals surface area contributed by atoms with Crippen LogP contribution in [0.5, 0.6) is 0 Å². The Bertz CT molecular complexity index is 317. The second-order valence-corrected chi connectivity index (χ2v) is 7.97. The Morgan fingerprint density at radius 3 is 1.81 bits per heavy atom. The molecule has 0 rings (SSSR count). The molecule has 0 aliphatic heterocycles. The van der Waals surface area contributed by atoms with Gasteiger partial charge in [0.25, 0.3) is 0 Å². The van der Waals surface area contributed by atoms with Crippen LogP contribution in [0.25, 0.3) is 0 Å². The van der Waals surface area contributed by atoms with Gasteiger partial charge in [-0.25, -0.2) is 13.1 Å². The van der Waals surface area contributed by atoms with Gasteiger partial charge in [-0.05, 0) is 13.3 Å². The lowest BCUT2D eigenvalue weighted by molar-refractivity contribution is 0.164. The molecule has 0 aliphatic rings. The fourth-order valence-electron chi connectivity index (χ4n) is 2.29. The Hall–Kier alpha value is -0.130. The third-order valence-corrected chi connectivity index (χ3v) is 5.18. The van der Waals surface area contributed by atoms with E-state index in [1.165, 1.54) is 51.4 Å². The maximum absolute atomic E-state index is 11.2. The quantitative estimate of drug-likeness (QED) is 0.453. The molecule has 128 valence electrons. The monoisotopic (exact) mass is 321 g/mol. The molecule has 4 nitrogen and oxygen atoms in total. The van der Waals surface area contributed by atoms with Gasteiger partial charge in [-0.1, -0.05) is 71.1 Å². The van der Waals surface area contributed by atoms with Crippen LogP contribution in [0.15, 0.2) is 0 Å². The molecule has 0 heterocycles. The Labute approximate surface area is 131 Å². The summed E-state index contributed by atoms with van der Waals surface area (Å²) in [6, 6.07) is 0. The van der Waals surface area contributed by atoms with Crippen LogP contribution in [-0.2, 0) is 10.0 Å². The highest BCUT2D eigenvalue weighted by Crippen LogP contribution is 2.11. The van der Waals surface area contributed by atoms with E-state index >= 15 is 0 Å². The molecule has 0 bridgehead atoms. The van der Waals surface area contributed by atoms with Gasteiger partial charge in [-0.15, -0.1) is 0 Å². The number of aliphatic hydroxyl groups is 1. The van der Waals surface area contributed by atoms with E-state index in [2.05, 4.69) is 11.6 Å². The summed E-state index contributed by atoms with van der Waals surface area (Å²) in [6.45, 7) is 3.98. The summed E-state index contributed by atoms with van der Waals surface area (Å²) >= 11 is 0. The largest absolute Gasteiger partial charge is 0.392 e. The molecule has 0 spiro atoms. The average molecular weight is 322 g/mol. The zero-order valence-electron chi connectivity index (χ0n) is 13.9. The standard InChI is InChI=1S/C16H35NO3S/c1-3-5-6-7-8-9-10-11-12-13-14-16(18)15-17-21(19,20)4-2/h16-18H,3-15H2,1-2H3. The van der Waals surface area contributed by atoms with Crippen molar-refractivity contribution in [3.63, 3.8) is 0 Å². The van der Waals surface area contributed by atoms with Crippen LogP contribution in [0, 0.1) is 0 Å². The molecule has 0 aromatic carbocycles. The maximum atomic E-state index is 11.2. The second-order valence-electron chi connectivity index (χ2n) is 5.88. The van der Waals surface area contributed by atoms with E-state index in [9.17, 15) is 13.5 Å². The van der Waals surface area contributed by atoms with Gasteiger partial charge in [0.05, 0.1) is 11.9 Å². The van der Waals surface area contributed by atoms with Gasteiger partial charge in [-0.3, -0.25) is 0 Å². The summed E-state index contributed by atoms with van der Waals surface area (Å²) in [4.78, 5) is 0. The van der Waals surface area contributed by atoms with E-state index in [1.54, 1.807) is 6.92 Å². The highest BCUT2D eigenvalue weighted by atomic mass is 32.2. The number of aliphatic hydroxyl groups excluding tert-OH is 1. The molecular formula is C16H35NO3S. The lowest BCUT2D eigenvalue weighted by atomic mass is 10.0. The number of rotatable bonds is 15. The SMILES string of the molecule is CCCCCCCCCCCCC(O)CNS(=O)(=O)CC. The van der Waals surface area contributed by atoms with Gasteiger partial charge in [0.1, 0.15) is 0 Å². The molecule has 0 radical (unpaired) electrons. The first kappa shape index (κ1) is 20.9. The number of hydrogen-bond donors (Lipinski definition) is 2. The van der Waals surface area contributed by atoms with E-state index < -0.39 is 16.1 Å². The Morgan fingerprint density at radius 2 is 1.33 bits per heavy atom. The molecule has 0 aromatic rings. The van der Waals surface area contributed by atoms with Crippen molar-refractivity contribution in [2.24, 2.45) is 0 Å². The van der Waals surface area contributed by atoms with Crippen LogP contribution in [-0.4, -0.2) is 31.9 Å². The van der Waals surface area contributed by atoms with Gasteiger partial charge in [0.2, 0.25) is 10.0 Å². The van der Waals surface area contributed by atoms with E-state index in [0.717, 1.165) is 12.8 Å². The summed E-state index contributed by atoms with van der Waals surface area (Å²) in [5.41, 5.74) is 0. The van der Waals surface area contributed by atoms with Crippen LogP contribution in [0.3, 0.4) is 0 Å². The number of nitrogens with one attached hydrogen (secondary N) is 1. The maximum Gasteiger partial charge on any atom is 0.211 e. The minimum Gasteiger partial charge on any atom is -0.392 e. The van der Waals surface area contributed by atoms with Crippen molar-refractivity contribution in [1.82, 2.24) is 4.72 Å². The van der Waals surface area contributed by atoms with Crippen molar-refractivity contribution in [1.29, 1.82) is 0 Å². The van der Waals surface area contributed by atoms with Crippen LogP contribution < -0.4 is 4.72 Å². The Morgan fingerprint density at radius 1 is 0.857 bits per heavy atom. The molecule has 5 heteroatoms. The van der Waals surface area contributed by atoms with Crippen molar-refractivity contribution in [3.8, 4) is 0 Å². The lowest BCUT2D eigenvalue weighted by Crippen LogP contribution is -2.33. The predicted molar refractivity (Wildman–Crippen MR) is 89.9 cm³/mol. The topological polar surface area (TPSA) is 66.4 Å². The lowest BCUT2D eigenvalue weighted by Gasteiger charge is -2.11. The second kappa shape index (κ2) is 13.5. The summed E-state index contributed by atoms with van der Waals surface area (Å²) < 4.78 is 24.9. The highest BCUT2D eigenvalue weighted by molar-refractivity contribution is 7.89. The third-order valence-electron chi connectivity index (χ3n) is 3.81. The van der Waals surface area contributed by atoms with E-state index in [0.29, 0.717) is 6.42 Å². The molecule has 0 amide bonds. The van der Waals surface area contributed by atoms with Crippen LogP contribution >= 0.6 is 0 Å². The van der Waals surface area contributed by atoms with Gasteiger partial charge in [0.15, 0.2) is 0 Å². The zero-order valence-corrected chi connectivity index (χ0v) is 14.8. The molecule has 0 fully saturated rings. The van der Waals surface area contributed by atoms with Gasteiger partial charge in [-0.2, -0.15) is 0 Å². The normalized spacial score (nSPS) is 13.5. The minimum atomic E-state index is -3.18. The van der Waals surface area contributed by atoms with E-state index in [4.69, 9.17) is 0 Å². The summed E-state index contributed by atoms with van der Waals surface area (Å²) in [6.07, 6.45) is 12.8. The van der Waals surface area contributed by atoms with Gasteiger partial charge >= 0.3 is 0 Å². The Kier molecular flexibility index (Phi) is 13.4. The third kappa shape index (κ3) is 14.6. The molecule has 21 heavy (non-hydrogen) atoms. The first-order chi connectivity index (χ1) is 10.0. The van der Waals surface area contributed by atoms with Crippen molar-refractivity contribution >= 4 is 10.0 Å². The van der Waals surface area contributed by atoms with Crippen LogP contribution in [0.4, 0.5) is 0 Å². The predicted octanol–water partition coefficient (Wildman–Crippen LogP) is 3.60. The van der Waals surface area contributed by atoms with Gasteiger partial charge in [0, 0.05) is 6.54 Å². The van der Waals surface area contributed by atoms with E-state index in [-0.39, 0.29) is 12.3 Å². The van der Waals surface area contributed by atoms with Crippen molar-refractivity contribution in [2.45, 2.75) is 90.6 Å². The fourth-order valence-corrected chi connectivity index (χ4v) is 2.95. The molecule has 2 N–H and O–H groups in total. The minimum absolute atomic E-state index is 0.0674. The number of unbranched alkanes of at least 4 members (excludes halogenated alkanes) is 9. The molecule has 1 atom stereocenters. The van der Waals surface area contributed by atoms with Gasteiger partial charge < -0.3 is 5.11 Å². The zero-order chi connectivity index (χ0) is 16.0. The first-order valence-corrected chi connectivity index (χ1v) is 10.3. The van der Waals surface area contributed by atoms with Crippen molar-refractivity contribution < 1.29 is 13.5 Å². The molecular weight excluding hydrogens is 286 g/mol. The molecule has 0 aliphatic carbocycles. The Balaban J connectivity index is 3.31.